The lowest BCUT2D eigenvalue weighted by Crippen LogP contribution is -2.08. The summed E-state index contributed by atoms with van der Waals surface area (Å²) in [5.41, 5.74) is 0.812. The maximum Gasteiger partial charge on any atom is 0.343 e. The first-order chi connectivity index (χ1) is 9.90. The Hall–Kier alpha value is -2.83. The Balaban J connectivity index is 2.44. The van der Waals surface area contributed by atoms with Crippen LogP contribution in [0.2, 0.25) is 0 Å². The van der Waals surface area contributed by atoms with Crippen molar-refractivity contribution < 1.29 is 19.4 Å². The van der Waals surface area contributed by atoms with Crippen LogP contribution >= 0.6 is 0 Å². The van der Waals surface area contributed by atoms with Gasteiger partial charge in [-0.1, -0.05) is 12.1 Å². The number of benzene rings is 1. The van der Waals surface area contributed by atoms with E-state index in [-0.39, 0.29) is 17.4 Å². The van der Waals surface area contributed by atoms with Gasteiger partial charge in [-0.05, 0) is 19.1 Å². The molecule has 7 nitrogen and oxygen atoms in total. The second-order valence-corrected chi connectivity index (χ2v) is 4.47. The number of carbonyl (C=O) groups excluding carboxylic acids is 1. The fourth-order valence-electron chi connectivity index (χ4n) is 1.95. The van der Waals surface area contributed by atoms with Crippen LogP contribution in [0.1, 0.15) is 23.0 Å². The summed E-state index contributed by atoms with van der Waals surface area (Å²) in [7, 11) is 1.59. The molecule has 0 aliphatic heterocycles. The quantitative estimate of drug-likeness (QED) is 0.899. The molecule has 0 radical (unpaired) electrons. The van der Waals surface area contributed by atoms with Crippen LogP contribution in [0.3, 0.4) is 0 Å². The average Bonchev–Trinajstić information content (AvgIpc) is 2.66. The van der Waals surface area contributed by atoms with Crippen LogP contribution in [0.4, 0.5) is 5.69 Å². The summed E-state index contributed by atoms with van der Waals surface area (Å²) >= 11 is 0. The lowest BCUT2D eigenvalue weighted by molar-refractivity contribution is -0.114. The van der Waals surface area contributed by atoms with E-state index in [9.17, 15) is 14.7 Å². The highest BCUT2D eigenvalue weighted by molar-refractivity contribution is 5.92. The summed E-state index contributed by atoms with van der Waals surface area (Å²) in [6.45, 7) is 2.98. The number of carboxylic acid groups (broad SMARTS) is 1. The second-order valence-electron chi connectivity index (χ2n) is 4.47. The van der Waals surface area contributed by atoms with Gasteiger partial charge >= 0.3 is 5.97 Å². The number of para-hydroxylation sites is 2. The van der Waals surface area contributed by atoms with Crippen molar-refractivity contribution in [2.45, 2.75) is 13.8 Å². The van der Waals surface area contributed by atoms with Gasteiger partial charge in [-0.3, -0.25) is 4.79 Å². The van der Waals surface area contributed by atoms with Gasteiger partial charge in [0, 0.05) is 14.0 Å². The van der Waals surface area contributed by atoms with Gasteiger partial charge < -0.3 is 15.2 Å². The number of nitrogens with one attached hydrogen (secondary N) is 1. The van der Waals surface area contributed by atoms with Crippen LogP contribution in [0.25, 0.3) is 0 Å². The van der Waals surface area contributed by atoms with Crippen molar-refractivity contribution in [3.05, 3.63) is 35.5 Å². The van der Waals surface area contributed by atoms with Crippen LogP contribution in [0.5, 0.6) is 11.6 Å². The monoisotopic (exact) mass is 289 g/mol. The third-order valence-corrected chi connectivity index (χ3v) is 2.79. The zero-order valence-electron chi connectivity index (χ0n) is 11.9. The molecule has 0 unspecified atom stereocenters. The smallest absolute Gasteiger partial charge is 0.343 e. The predicted octanol–water partition coefficient (Wildman–Crippen LogP) is 2.18. The average molecular weight is 289 g/mol. The van der Waals surface area contributed by atoms with Gasteiger partial charge in [0.15, 0.2) is 5.75 Å². The third kappa shape index (κ3) is 3.02. The van der Waals surface area contributed by atoms with Crippen molar-refractivity contribution in [3.8, 4) is 11.6 Å². The lowest BCUT2D eigenvalue weighted by Gasteiger charge is -2.11. The molecule has 0 aliphatic rings. The van der Waals surface area contributed by atoms with Crippen LogP contribution in [0.15, 0.2) is 24.3 Å². The molecular weight excluding hydrogens is 274 g/mol. The van der Waals surface area contributed by atoms with Crippen molar-refractivity contribution in [1.82, 2.24) is 9.78 Å². The minimum absolute atomic E-state index is 0.00451. The maximum atomic E-state index is 11.3. The molecule has 110 valence electrons. The molecule has 1 aromatic carbocycles. The van der Waals surface area contributed by atoms with Crippen molar-refractivity contribution in [2.24, 2.45) is 7.05 Å². The standard InChI is InChI=1S/C14H15N3O4/c1-8-12(14(19)20)13(17(3)16-8)21-11-7-5-4-6-10(11)15-9(2)18/h4-7H,1-3H3,(H,15,18)(H,19,20). The normalized spacial score (nSPS) is 10.2. The first-order valence-electron chi connectivity index (χ1n) is 6.21. The molecule has 0 spiro atoms. The molecule has 1 amide bonds. The number of carboxylic acids is 1. The number of anilines is 1. The molecule has 21 heavy (non-hydrogen) atoms. The Kier molecular flexibility index (Phi) is 3.93. The zero-order chi connectivity index (χ0) is 15.6. The van der Waals surface area contributed by atoms with E-state index in [1.807, 2.05) is 0 Å². The van der Waals surface area contributed by atoms with Crippen molar-refractivity contribution in [1.29, 1.82) is 0 Å². The number of hydrogen-bond donors (Lipinski definition) is 2. The SMILES string of the molecule is CC(=O)Nc1ccccc1Oc1c(C(=O)O)c(C)nn1C. The zero-order valence-corrected chi connectivity index (χ0v) is 11.9. The van der Waals surface area contributed by atoms with E-state index in [0.29, 0.717) is 17.1 Å². The lowest BCUT2D eigenvalue weighted by atomic mass is 10.2. The summed E-state index contributed by atoms with van der Waals surface area (Å²) in [5.74, 6) is -0.908. The van der Waals surface area contributed by atoms with Crippen molar-refractivity contribution in [2.75, 3.05) is 5.32 Å². The fourth-order valence-corrected chi connectivity index (χ4v) is 1.95. The van der Waals surface area contributed by atoms with Gasteiger partial charge in [-0.15, -0.1) is 0 Å². The topological polar surface area (TPSA) is 93.4 Å². The number of carbonyl (C=O) groups is 2. The first kappa shape index (κ1) is 14.6. The number of nitrogens with zero attached hydrogens (tertiary/aromatic N) is 2. The molecule has 0 saturated carbocycles. The van der Waals surface area contributed by atoms with Gasteiger partial charge in [0.2, 0.25) is 11.8 Å². The van der Waals surface area contributed by atoms with Crippen LogP contribution in [0, 0.1) is 6.92 Å². The minimum atomic E-state index is -1.12. The highest BCUT2D eigenvalue weighted by Gasteiger charge is 2.22. The Bertz CT molecular complexity index is 706. The molecule has 0 aliphatic carbocycles. The molecule has 2 N–H and O–H groups in total. The van der Waals surface area contributed by atoms with Gasteiger partial charge in [-0.2, -0.15) is 5.10 Å². The highest BCUT2D eigenvalue weighted by Crippen LogP contribution is 2.32. The summed E-state index contributed by atoms with van der Waals surface area (Å²) in [6.07, 6.45) is 0. The Morgan fingerprint density at radius 1 is 1.33 bits per heavy atom. The number of ether oxygens (including phenoxy) is 1. The summed E-state index contributed by atoms with van der Waals surface area (Å²) < 4.78 is 7.01. The van der Waals surface area contributed by atoms with Crippen molar-refractivity contribution >= 4 is 17.6 Å². The molecule has 2 rings (SSSR count). The predicted molar refractivity (Wildman–Crippen MR) is 75.7 cm³/mol. The van der Waals surface area contributed by atoms with E-state index in [1.54, 1.807) is 38.2 Å². The summed E-state index contributed by atoms with van der Waals surface area (Å²) in [5, 5.41) is 15.9. The number of aryl methyl sites for hydroxylation is 2. The molecule has 0 saturated heterocycles. The largest absolute Gasteiger partial charge is 0.477 e. The van der Waals surface area contributed by atoms with E-state index in [4.69, 9.17) is 4.74 Å². The Labute approximate surface area is 121 Å². The minimum Gasteiger partial charge on any atom is -0.477 e. The molecular formula is C14H15N3O4. The number of hydrogen-bond acceptors (Lipinski definition) is 4. The Morgan fingerprint density at radius 2 is 2.00 bits per heavy atom. The molecule has 0 fully saturated rings. The van der Waals surface area contributed by atoms with Gasteiger partial charge in [-0.25, -0.2) is 9.48 Å². The molecule has 0 bridgehead atoms. The molecule has 2 aromatic rings. The van der Waals surface area contributed by atoms with Gasteiger partial charge in [0.1, 0.15) is 5.56 Å². The highest BCUT2D eigenvalue weighted by atomic mass is 16.5. The number of amides is 1. The van der Waals surface area contributed by atoms with Crippen molar-refractivity contribution in [3.63, 3.8) is 0 Å². The van der Waals surface area contributed by atoms with E-state index in [1.165, 1.54) is 11.6 Å². The summed E-state index contributed by atoms with van der Waals surface area (Å²) in [6, 6.07) is 6.77. The van der Waals surface area contributed by atoms with Gasteiger partial charge in [0.05, 0.1) is 11.4 Å². The van der Waals surface area contributed by atoms with Crippen LogP contribution < -0.4 is 10.1 Å². The van der Waals surface area contributed by atoms with E-state index >= 15 is 0 Å². The van der Waals surface area contributed by atoms with Crippen LogP contribution in [-0.4, -0.2) is 26.8 Å². The first-order valence-corrected chi connectivity index (χ1v) is 6.21. The number of rotatable bonds is 4. The van der Waals surface area contributed by atoms with E-state index < -0.39 is 5.97 Å². The molecule has 1 aromatic heterocycles. The van der Waals surface area contributed by atoms with Gasteiger partial charge in [0.25, 0.3) is 0 Å². The number of aromatic carboxylic acids is 1. The number of aromatic nitrogens is 2. The summed E-state index contributed by atoms with van der Waals surface area (Å²) in [4.78, 5) is 22.5. The third-order valence-electron chi connectivity index (χ3n) is 2.79. The molecule has 0 atom stereocenters. The Morgan fingerprint density at radius 3 is 2.62 bits per heavy atom. The molecule has 1 heterocycles. The second kappa shape index (κ2) is 5.66. The fraction of sp³-hybridized carbons (Fsp3) is 0.214. The molecule has 7 heteroatoms. The van der Waals surface area contributed by atoms with E-state index in [0.717, 1.165) is 0 Å². The van der Waals surface area contributed by atoms with Crippen LogP contribution in [-0.2, 0) is 11.8 Å². The maximum absolute atomic E-state index is 11.3. The van der Waals surface area contributed by atoms with E-state index in [2.05, 4.69) is 10.4 Å².